The second-order valence-electron chi connectivity index (χ2n) is 10.8. The summed E-state index contributed by atoms with van der Waals surface area (Å²) in [5.41, 5.74) is 1.66. The summed E-state index contributed by atoms with van der Waals surface area (Å²) in [6.45, 7) is 0.841. The van der Waals surface area contributed by atoms with Gasteiger partial charge >= 0.3 is 11.9 Å². The first-order valence-electron chi connectivity index (χ1n) is 14.6. The monoisotopic (exact) mass is 646 g/mol. The third kappa shape index (κ3) is 8.54. The molecule has 0 aromatic heterocycles. The fraction of sp³-hybridized carbons (Fsp3) is 0.438. The quantitative estimate of drug-likeness (QED) is 0.0958. The topological polar surface area (TPSA) is 222 Å². The molecule has 0 aliphatic carbocycles. The molecule has 0 unspecified atom stereocenters. The maximum Gasteiger partial charge on any atom is 0.337 e. The van der Waals surface area contributed by atoms with Crippen LogP contribution in [0.5, 0.6) is 17.2 Å². The van der Waals surface area contributed by atoms with E-state index in [2.05, 4.69) is 0 Å². The van der Waals surface area contributed by atoms with E-state index in [-0.39, 0.29) is 54.5 Å². The highest BCUT2D eigenvalue weighted by Crippen LogP contribution is 2.36. The standard InChI is InChI=1S/C32H38O14/c1-2-20-21(14-26(37)42-11-10-18-5-8-23(35)24(36)13-18)22(30(41)43-12-9-17-3-6-19(34)7-4-17)16-44-31(20)46-32-29(40)28(39)27(38)25(15-33)45-32/h2-8,13,16,21,25,27-29,31-36,38-40H,9-12,14-15H2,1H3/t21-,25+,27+,28-,29+,31-,32-/m0/s1. The normalized spacial score (nSPS) is 27.0. The maximum atomic E-state index is 13.2. The zero-order chi connectivity index (χ0) is 33.4. The molecule has 7 N–H and O–H groups in total. The number of phenolic OH excluding ortho intramolecular Hbond substituents is 3. The molecule has 0 amide bonds. The second-order valence-corrected chi connectivity index (χ2v) is 10.8. The number of phenols is 3. The number of allylic oxidation sites excluding steroid dienone is 1. The Bertz CT molecular complexity index is 1400. The van der Waals surface area contributed by atoms with Crippen molar-refractivity contribution in [1.82, 2.24) is 0 Å². The molecule has 2 heterocycles. The highest BCUT2D eigenvalue weighted by molar-refractivity contribution is 5.91. The largest absolute Gasteiger partial charge is 0.508 e. The predicted octanol–water partition coefficient (Wildman–Crippen LogP) is 0.684. The van der Waals surface area contributed by atoms with E-state index in [1.54, 1.807) is 31.2 Å². The van der Waals surface area contributed by atoms with Gasteiger partial charge in [-0.2, -0.15) is 0 Å². The molecule has 14 heteroatoms. The van der Waals surface area contributed by atoms with Crippen LogP contribution in [0.2, 0.25) is 0 Å². The van der Waals surface area contributed by atoms with Crippen LogP contribution in [0.25, 0.3) is 0 Å². The van der Waals surface area contributed by atoms with Gasteiger partial charge in [0.25, 0.3) is 0 Å². The van der Waals surface area contributed by atoms with Gasteiger partial charge in [0, 0.05) is 24.3 Å². The van der Waals surface area contributed by atoms with Gasteiger partial charge in [0.05, 0.1) is 38.1 Å². The number of hydrogen-bond acceptors (Lipinski definition) is 14. The van der Waals surface area contributed by atoms with Crippen LogP contribution in [-0.4, -0.2) is 105 Å². The van der Waals surface area contributed by atoms with Gasteiger partial charge in [-0.05, 0) is 42.3 Å². The molecule has 4 rings (SSSR count). The average Bonchev–Trinajstić information content (AvgIpc) is 3.04. The van der Waals surface area contributed by atoms with Gasteiger partial charge in [0.1, 0.15) is 30.2 Å². The molecular weight excluding hydrogens is 608 g/mol. The van der Waals surface area contributed by atoms with Gasteiger partial charge in [-0.1, -0.05) is 24.3 Å². The molecule has 1 fully saturated rings. The molecule has 250 valence electrons. The van der Waals surface area contributed by atoms with Crippen LogP contribution in [0.15, 0.2) is 65.9 Å². The van der Waals surface area contributed by atoms with Gasteiger partial charge in [-0.15, -0.1) is 0 Å². The molecule has 2 aromatic carbocycles. The van der Waals surface area contributed by atoms with Crippen LogP contribution in [0.4, 0.5) is 0 Å². The van der Waals surface area contributed by atoms with E-state index < -0.39 is 61.5 Å². The minimum Gasteiger partial charge on any atom is -0.508 e. The van der Waals surface area contributed by atoms with Crippen molar-refractivity contribution in [2.45, 2.75) is 63.2 Å². The third-order valence-electron chi connectivity index (χ3n) is 7.67. The van der Waals surface area contributed by atoms with E-state index in [0.717, 1.165) is 11.8 Å². The van der Waals surface area contributed by atoms with Crippen LogP contribution in [0, 0.1) is 5.92 Å². The number of benzene rings is 2. The maximum absolute atomic E-state index is 13.2. The Kier molecular flexibility index (Phi) is 12.0. The molecule has 0 radical (unpaired) electrons. The van der Waals surface area contributed by atoms with E-state index in [1.165, 1.54) is 24.3 Å². The second kappa shape index (κ2) is 15.9. The summed E-state index contributed by atoms with van der Waals surface area (Å²) in [5, 5.41) is 69.0. The first kappa shape index (κ1) is 34.7. The molecule has 46 heavy (non-hydrogen) atoms. The van der Waals surface area contributed by atoms with Gasteiger partial charge in [-0.25, -0.2) is 4.79 Å². The smallest absolute Gasteiger partial charge is 0.337 e. The minimum absolute atomic E-state index is 0.0203. The molecule has 2 aliphatic heterocycles. The number of hydrogen-bond donors (Lipinski definition) is 7. The molecule has 2 aromatic rings. The summed E-state index contributed by atoms with van der Waals surface area (Å²) >= 11 is 0. The summed E-state index contributed by atoms with van der Waals surface area (Å²) in [4.78, 5) is 26.3. The summed E-state index contributed by atoms with van der Waals surface area (Å²) in [5.74, 6) is -2.94. The number of carbonyl (C=O) groups excluding carboxylic acids is 2. The Balaban J connectivity index is 1.47. The molecule has 2 aliphatic rings. The molecule has 7 atom stereocenters. The zero-order valence-corrected chi connectivity index (χ0v) is 25.0. The third-order valence-corrected chi connectivity index (χ3v) is 7.67. The highest BCUT2D eigenvalue weighted by Gasteiger charge is 2.47. The Morgan fingerprint density at radius 2 is 1.54 bits per heavy atom. The highest BCUT2D eigenvalue weighted by atomic mass is 16.8. The molecule has 14 nitrogen and oxygen atoms in total. The SMILES string of the molecule is CC=C1[C@H](O[C@@H]2O[C@H](CO)[C@@H](O)[C@H](O)[C@H]2O)OC=C(C(=O)OCCc2ccc(O)cc2)[C@H]1CC(=O)OCCc1ccc(O)c(O)c1. The van der Waals surface area contributed by atoms with E-state index >= 15 is 0 Å². The van der Waals surface area contributed by atoms with Crippen molar-refractivity contribution in [1.29, 1.82) is 0 Å². The average molecular weight is 647 g/mol. The van der Waals surface area contributed by atoms with Gasteiger partial charge in [0.15, 0.2) is 17.8 Å². The first-order chi connectivity index (χ1) is 22.0. The fourth-order valence-corrected chi connectivity index (χ4v) is 5.05. The number of aliphatic hydroxyl groups excluding tert-OH is 4. The zero-order valence-electron chi connectivity index (χ0n) is 25.0. The summed E-state index contributed by atoms with van der Waals surface area (Å²) in [6.07, 6.45) is -6.31. The molecule has 0 saturated carbocycles. The number of esters is 2. The van der Waals surface area contributed by atoms with Crippen molar-refractivity contribution >= 4 is 11.9 Å². The summed E-state index contributed by atoms with van der Waals surface area (Å²) in [7, 11) is 0. The lowest BCUT2D eigenvalue weighted by atomic mass is 9.86. The minimum atomic E-state index is -1.72. The lowest BCUT2D eigenvalue weighted by molar-refractivity contribution is -0.327. The molecular formula is C32H38O14. The Hall–Kier alpha value is -4.18. The van der Waals surface area contributed by atoms with Crippen molar-refractivity contribution in [2.24, 2.45) is 5.92 Å². The number of carbonyl (C=O) groups is 2. The lowest BCUT2D eigenvalue weighted by Crippen LogP contribution is -2.60. The van der Waals surface area contributed by atoms with Crippen LogP contribution in [-0.2, 0) is 46.1 Å². The molecule has 0 bridgehead atoms. The van der Waals surface area contributed by atoms with Crippen molar-refractivity contribution < 1.29 is 69.0 Å². The van der Waals surface area contributed by atoms with Crippen molar-refractivity contribution in [3.05, 3.63) is 77.1 Å². The van der Waals surface area contributed by atoms with E-state index in [4.69, 9.17) is 23.7 Å². The molecule has 0 spiro atoms. The van der Waals surface area contributed by atoms with E-state index in [9.17, 15) is 45.3 Å². The lowest BCUT2D eigenvalue weighted by Gasteiger charge is -2.42. The van der Waals surface area contributed by atoms with Gasteiger partial charge < -0.3 is 59.4 Å². The Morgan fingerprint density at radius 1 is 0.870 bits per heavy atom. The summed E-state index contributed by atoms with van der Waals surface area (Å²) < 4.78 is 27.8. The fourth-order valence-electron chi connectivity index (χ4n) is 5.05. The van der Waals surface area contributed by atoms with Crippen molar-refractivity contribution in [2.75, 3.05) is 19.8 Å². The first-order valence-corrected chi connectivity index (χ1v) is 14.6. The van der Waals surface area contributed by atoms with Crippen LogP contribution in [0.1, 0.15) is 24.5 Å². The van der Waals surface area contributed by atoms with Crippen molar-refractivity contribution in [3.8, 4) is 17.2 Å². The Morgan fingerprint density at radius 3 is 2.22 bits per heavy atom. The summed E-state index contributed by atoms with van der Waals surface area (Å²) in [6, 6.07) is 10.6. The number of aromatic hydroxyl groups is 3. The van der Waals surface area contributed by atoms with Crippen LogP contribution in [0.3, 0.4) is 0 Å². The van der Waals surface area contributed by atoms with Crippen LogP contribution < -0.4 is 0 Å². The predicted molar refractivity (Wildman–Crippen MR) is 157 cm³/mol. The number of ether oxygens (including phenoxy) is 5. The number of aliphatic hydroxyl groups is 4. The van der Waals surface area contributed by atoms with Gasteiger partial charge in [0.2, 0.25) is 6.29 Å². The van der Waals surface area contributed by atoms with Crippen molar-refractivity contribution in [3.63, 3.8) is 0 Å². The van der Waals surface area contributed by atoms with Gasteiger partial charge in [-0.3, -0.25) is 4.79 Å². The number of rotatable bonds is 12. The molecule has 1 saturated heterocycles. The Labute approximate surface area is 264 Å². The van der Waals surface area contributed by atoms with E-state index in [1.807, 2.05) is 0 Å². The van der Waals surface area contributed by atoms with E-state index in [0.29, 0.717) is 12.0 Å². The van der Waals surface area contributed by atoms with Crippen LogP contribution >= 0.6 is 0 Å².